The van der Waals surface area contributed by atoms with Gasteiger partial charge in [-0.15, -0.1) is 11.3 Å². The summed E-state index contributed by atoms with van der Waals surface area (Å²) >= 11 is 1.17. The molecule has 7 heteroatoms. The summed E-state index contributed by atoms with van der Waals surface area (Å²) in [5.74, 6) is 0.239. The summed E-state index contributed by atoms with van der Waals surface area (Å²) in [6.07, 6.45) is 2.45. The van der Waals surface area contributed by atoms with Crippen LogP contribution >= 0.6 is 11.3 Å². The van der Waals surface area contributed by atoms with Crippen LogP contribution in [0, 0.1) is 5.82 Å². The highest BCUT2D eigenvalue weighted by Crippen LogP contribution is 2.27. The number of carbonyl (C=O) groups excluding carboxylic acids is 1. The Kier molecular flexibility index (Phi) is 7.32. The number of halogens is 1. The number of benzene rings is 2. The predicted molar refractivity (Wildman–Crippen MR) is 114 cm³/mol. The minimum atomic E-state index is -0.349. The Morgan fingerprint density at radius 2 is 1.93 bits per heavy atom. The van der Waals surface area contributed by atoms with Gasteiger partial charge in [0.25, 0.3) is 5.91 Å². The van der Waals surface area contributed by atoms with E-state index in [-0.39, 0.29) is 11.7 Å². The first-order valence-electron chi connectivity index (χ1n) is 9.38. The molecule has 0 bridgehead atoms. The van der Waals surface area contributed by atoms with E-state index in [4.69, 9.17) is 4.74 Å². The standard InChI is InChI=1S/C22H24FN3O2S/c1-26(2)12-5-13-28-17-10-8-16(9-11-17)14-24-21(27)20-15-25-22(29-20)18-6-3-4-7-19(18)23/h3-4,6-11,15H,5,12-14H2,1-2H3,(H,24,27). The van der Waals surface area contributed by atoms with Crippen molar-refractivity contribution < 1.29 is 13.9 Å². The van der Waals surface area contributed by atoms with Crippen molar-refractivity contribution in [3.63, 3.8) is 0 Å². The number of hydrogen-bond acceptors (Lipinski definition) is 5. The van der Waals surface area contributed by atoms with Crippen molar-refractivity contribution in [1.29, 1.82) is 0 Å². The van der Waals surface area contributed by atoms with Crippen molar-refractivity contribution in [2.45, 2.75) is 13.0 Å². The molecule has 0 unspecified atom stereocenters. The topological polar surface area (TPSA) is 54.5 Å². The lowest BCUT2D eigenvalue weighted by Gasteiger charge is -2.10. The normalized spacial score (nSPS) is 10.9. The Morgan fingerprint density at radius 3 is 2.66 bits per heavy atom. The molecule has 1 heterocycles. The number of nitrogens with one attached hydrogen (secondary N) is 1. The fraction of sp³-hybridized carbons (Fsp3) is 0.273. The van der Waals surface area contributed by atoms with Crippen LogP contribution in [-0.4, -0.2) is 43.0 Å². The zero-order valence-corrected chi connectivity index (χ0v) is 17.3. The van der Waals surface area contributed by atoms with E-state index in [1.165, 1.54) is 23.6 Å². The van der Waals surface area contributed by atoms with Gasteiger partial charge in [-0.3, -0.25) is 4.79 Å². The van der Waals surface area contributed by atoms with Crippen LogP contribution in [0.4, 0.5) is 4.39 Å². The van der Waals surface area contributed by atoms with Crippen LogP contribution < -0.4 is 10.1 Å². The van der Waals surface area contributed by atoms with E-state index in [9.17, 15) is 9.18 Å². The third-order valence-electron chi connectivity index (χ3n) is 4.23. The van der Waals surface area contributed by atoms with Crippen LogP contribution in [0.25, 0.3) is 10.6 Å². The second-order valence-corrected chi connectivity index (χ2v) is 7.87. The molecule has 5 nitrogen and oxygen atoms in total. The van der Waals surface area contributed by atoms with Crippen molar-refractivity contribution in [2.75, 3.05) is 27.2 Å². The van der Waals surface area contributed by atoms with Gasteiger partial charge in [-0.25, -0.2) is 9.37 Å². The van der Waals surface area contributed by atoms with E-state index >= 15 is 0 Å². The van der Waals surface area contributed by atoms with E-state index in [0.29, 0.717) is 28.6 Å². The molecule has 152 valence electrons. The number of rotatable bonds is 9. The molecule has 1 amide bonds. The molecule has 0 aliphatic heterocycles. The third kappa shape index (κ3) is 6.10. The molecule has 2 aromatic carbocycles. The summed E-state index contributed by atoms with van der Waals surface area (Å²) in [6, 6.07) is 14.1. The van der Waals surface area contributed by atoms with Crippen LogP contribution in [0.1, 0.15) is 21.7 Å². The summed E-state index contributed by atoms with van der Waals surface area (Å²) in [7, 11) is 4.08. The smallest absolute Gasteiger partial charge is 0.263 e. The van der Waals surface area contributed by atoms with Crippen molar-refractivity contribution >= 4 is 17.2 Å². The number of thiazole rings is 1. The Bertz CT molecular complexity index is 941. The summed E-state index contributed by atoms with van der Waals surface area (Å²) in [5, 5.41) is 3.36. The minimum absolute atomic E-state index is 0.228. The molecule has 0 atom stereocenters. The molecule has 0 radical (unpaired) electrons. The molecule has 0 saturated heterocycles. The van der Waals surface area contributed by atoms with Crippen molar-refractivity contribution in [2.24, 2.45) is 0 Å². The summed E-state index contributed by atoms with van der Waals surface area (Å²) < 4.78 is 19.6. The van der Waals surface area contributed by atoms with Gasteiger partial charge in [-0.05, 0) is 50.3 Å². The first kappa shape index (κ1) is 21.0. The third-order valence-corrected chi connectivity index (χ3v) is 5.26. The van der Waals surface area contributed by atoms with Crippen molar-refractivity contribution in [1.82, 2.24) is 15.2 Å². The molecule has 0 saturated carbocycles. The monoisotopic (exact) mass is 413 g/mol. The van der Waals surface area contributed by atoms with E-state index in [1.54, 1.807) is 18.2 Å². The molecule has 0 aliphatic rings. The van der Waals surface area contributed by atoms with Crippen molar-refractivity contribution in [3.8, 4) is 16.3 Å². The minimum Gasteiger partial charge on any atom is -0.494 e. The first-order chi connectivity index (χ1) is 14.0. The van der Waals surface area contributed by atoms with Gasteiger partial charge in [0, 0.05) is 18.7 Å². The van der Waals surface area contributed by atoms with Crippen LogP contribution in [0.5, 0.6) is 5.75 Å². The van der Waals surface area contributed by atoms with Gasteiger partial charge in [0.1, 0.15) is 21.5 Å². The van der Waals surface area contributed by atoms with Crippen molar-refractivity contribution in [3.05, 3.63) is 71.0 Å². The Labute approximate surface area is 174 Å². The largest absolute Gasteiger partial charge is 0.494 e. The van der Waals surface area contributed by atoms with Gasteiger partial charge in [-0.1, -0.05) is 24.3 Å². The van der Waals surface area contributed by atoms with E-state index in [1.807, 2.05) is 38.4 Å². The highest BCUT2D eigenvalue weighted by atomic mass is 32.1. The highest BCUT2D eigenvalue weighted by molar-refractivity contribution is 7.16. The van der Waals surface area contributed by atoms with Gasteiger partial charge in [-0.2, -0.15) is 0 Å². The lowest BCUT2D eigenvalue weighted by Crippen LogP contribution is -2.21. The molecule has 3 aromatic rings. The number of nitrogens with zero attached hydrogens (tertiary/aromatic N) is 2. The lowest BCUT2D eigenvalue weighted by atomic mass is 10.2. The summed E-state index contributed by atoms with van der Waals surface area (Å²) in [4.78, 5) is 19.1. The molecule has 0 spiro atoms. The fourth-order valence-corrected chi connectivity index (χ4v) is 3.54. The van der Waals surface area contributed by atoms with Crippen LogP contribution in [0.2, 0.25) is 0 Å². The number of amides is 1. The maximum absolute atomic E-state index is 13.9. The summed E-state index contributed by atoms with van der Waals surface area (Å²) in [6.45, 7) is 2.05. The molecule has 0 aliphatic carbocycles. The van der Waals surface area contributed by atoms with E-state index in [2.05, 4.69) is 15.2 Å². The molecular weight excluding hydrogens is 389 g/mol. The summed E-state index contributed by atoms with van der Waals surface area (Å²) in [5.41, 5.74) is 1.37. The maximum Gasteiger partial charge on any atom is 0.263 e. The highest BCUT2D eigenvalue weighted by Gasteiger charge is 2.13. The van der Waals surface area contributed by atoms with Gasteiger partial charge in [0.2, 0.25) is 0 Å². The predicted octanol–water partition coefficient (Wildman–Crippen LogP) is 4.21. The number of hydrogen-bond donors (Lipinski definition) is 1. The molecular formula is C22H24FN3O2S. The van der Waals surface area contributed by atoms with Gasteiger partial charge < -0.3 is 15.0 Å². The SMILES string of the molecule is CN(C)CCCOc1ccc(CNC(=O)c2cnc(-c3ccccc3F)s2)cc1. The van der Waals surface area contributed by atoms with Crippen LogP contribution in [0.15, 0.2) is 54.7 Å². The van der Waals surface area contributed by atoms with Crippen LogP contribution in [-0.2, 0) is 6.54 Å². The zero-order chi connectivity index (χ0) is 20.6. The van der Waals surface area contributed by atoms with Gasteiger partial charge >= 0.3 is 0 Å². The second-order valence-electron chi connectivity index (χ2n) is 6.84. The number of carbonyl (C=O) groups is 1. The zero-order valence-electron chi connectivity index (χ0n) is 16.5. The number of ether oxygens (including phenoxy) is 1. The maximum atomic E-state index is 13.9. The molecule has 1 N–H and O–H groups in total. The Balaban J connectivity index is 1.50. The van der Waals surface area contributed by atoms with Gasteiger partial charge in [0.15, 0.2) is 0 Å². The number of aromatic nitrogens is 1. The molecule has 0 fully saturated rings. The molecule has 29 heavy (non-hydrogen) atoms. The molecule has 3 rings (SSSR count). The molecule has 1 aromatic heterocycles. The lowest BCUT2D eigenvalue weighted by molar-refractivity contribution is 0.0954. The average molecular weight is 414 g/mol. The van der Waals surface area contributed by atoms with Gasteiger partial charge in [0.05, 0.1) is 12.8 Å². The average Bonchev–Trinajstić information content (AvgIpc) is 3.20. The first-order valence-corrected chi connectivity index (χ1v) is 10.2. The fourth-order valence-electron chi connectivity index (χ4n) is 2.68. The van der Waals surface area contributed by atoms with E-state index < -0.39 is 0 Å². The Hall–Kier alpha value is -2.77. The quantitative estimate of drug-likeness (QED) is 0.534. The second kappa shape index (κ2) is 10.1. The Morgan fingerprint density at radius 1 is 1.17 bits per heavy atom. The van der Waals surface area contributed by atoms with E-state index in [0.717, 1.165) is 24.3 Å². The van der Waals surface area contributed by atoms with Crippen LogP contribution in [0.3, 0.4) is 0 Å².